The maximum absolute atomic E-state index is 13.8. The van der Waals surface area contributed by atoms with Crippen molar-refractivity contribution in [3.63, 3.8) is 0 Å². The van der Waals surface area contributed by atoms with Crippen LogP contribution in [0.1, 0.15) is 38.3 Å². The first-order chi connectivity index (χ1) is 14.7. The molecule has 0 aliphatic rings. The first-order valence-electron chi connectivity index (χ1n) is 10.1. The Hall–Kier alpha value is -1.76. The van der Waals surface area contributed by atoms with Gasteiger partial charge in [0.2, 0.25) is 11.8 Å². The third kappa shape index (κ3) is 7.70. The maximum atomic E-state index is 13.8. The van der Waals surface area contributed by atoms with E-state index < -0.39 is 6.04 Å². The number of carbonyl (C=O) groups excluding carboxylic acids is 2. The van der Waals surface area contributed by atoms with Crippen LogP contribution in [-0.4, -0.2) is 34.6 Å². The molecule has 2 rings (SSSR count). The lowest BCUT2D eigenvalue weighted by molar-refractivity contribution is -0.138. The van der Waals surface area contributed by atoms with Crippen LogP contribution in [0.4, 0.5) is 4.39 Å². The van der Waals surface area contributed by atoms with Crippen LogP contribution in [0.5, 0.6) is 0 Å². The minimum absolute atomic E-state index is 0.00135. The fourth-order valence-electron chi connectivity index (χ4n) is 2.83. The summed E-state index contributed by atoms with van der Waals surface area (Å²) in [5, 5.41) is 3.84. The number of thioether (sulfide) groups is 1. The van der Waals surface area contributed by atoms with E-state index in [0.29, 0.717) is 26.9 Å². The van der Waals surface area contributed by atoms with Crippen molar-refractivity contribution in [1.29, 1.82) is 0 Å². The molecule has 1 N–H and O–H groups in total. The Morgan fingerprint density at radius 2 is 1.84 bits per heavy atom. The van der Waals surface area contributed by atoms with Gasteiger partial charge in [-0.3, -0.25) is 9.59 Å². The number of nitrogens with one attached hydrogen (secondary N) is 1. The first kappa shape index (κ1) is 25.5. The molecule has 0 aliphatic heterocycles. The van der Waals surface area contributed by atoms with Gasteiger partial charge in [0.1, 0.15) is 11.9 Å². The van der Waals surface area contributed by atoms with Gasteiger partial charge in [0.25, 0.3) is 0 Å². The average Bonchev–Trinajstić information content (AvgIpc) is 2.73. The second-order valence-electron chi connectivity index (χ2n) is 7.34. The molecule has 0 radical (unpaired) electrons. The smallest absolute Gasteiger partial charge is 0.242 e. The largest absolute Gasteiger partial charge is 0.352 e. The summed E-state index contributed by atoms with van der Waals surface area (Å²) in [5.41, 5.74) is 1.23. The SMILES string of the molecule is CCC(C)NC(=O)C(C)N(Cc1ccc(Cl)cc1Cl)C(=O)CSCc1ccccc1F. The fraction of sp³-hybridized carbons (Fsp3) is 0.391. The topological polar surface area (TPSA) is 49.4 Å². The van der Waals surface area contributed by atoms with Crippen molar-refractivity contribution in [3.05, 3.63) is 69.5 Å². The molecule has 2 aromatic carbocycles. The molecule has 0 spiro atoms. The van der Waals surface area contributed by atoms with E-state index >= 15 is 0 Å². The number of nitrogens with zero attached hydrogens (tertiary/aromatic N) is 1. The highest BCUT2D eigenvalue weighted by Crippen LogP contribution is 2.24. The summed E-state index contributed by atoms with van der Waals surface area (Å²) >= 11 is 13.6. The number of benzene rings is 2. The Bertz CT molecular complexity index is 913. The van der Waals surface area contributed by atoms with Crippen LogP contribution < -0.4 is 5.32 Å². The van der Waals surface area contributed by atoms with Crippen molar-refractivity contribution in [1.82, 2.24) is 10.2 Å². The zero-order chi connectivity index (χ0) is 23.0. The zero-order valence-corrected chi connectivity index (χ0v) is 20.2. The Morgan fingerprint density at radius 1 is 1.13 bits per heavy atom. The van der Waals surface area contributed by atoms with Gasteiger partial charge in [0.05, 0.1) is 5.75 Å². The molecular formula is C23H27Cl2FN2O2S. The molecule has 0 bridgehead atoms. The highest BCUT2D eigenvalue weighted by molar-refractivity contribution is 7.99. The normalized spacial score (nSPS) is 12.8. The van der Waals surface area contributed by atoms with Crippen LogP contribution in [-0.2, 0) is 21.9 Å². The van der Waals surface area contributed by atoms with Crippen LogP contribution in [0.25, 0.3) is 0 Å². The van der Waals surface area contributed by atoms with Crippen LogP contribution in [0.2, 0.25) is 10.0 Å². The number of rotatable bonds is 10. The summed E-state index contributed by atoms with van der Waals surface area (Å²) in [6.07, 6.45) is 0.786. The van der Waals surface area contributed by atoms with Crippen molar-refractivity contribution in [2.45, 2.75) is 51.6 Å². The molecule has 0 saturated heterocycles. The molecule has 31 heavy (non-hydrogen) atoms. The second kappa shape index (κ2) is 12.3. The van der Waals surface area contributed by atoms with E-state index in [4.69, 9.17) is 23.2 Å². The summed E-state index contributed by atoms with van der Waals surface area (Å²) < 4.78 is 13.8. The standard InChI is InChI=1S/C23H27Cl2FN2O2S/c1-4-15(2)27-23(30)16(3)28(12-17-9-10-19(24)11-20(17)25)22(29)14-31-13-18-7-5-6-8-21(18)26/h5-11,15-16H,4,12-14H2,1-3H3,(H,27,30). The van der Waals surface area contributed by atoms with Gasteiger partial charge in [0.15, 0.2) is 0 Å². The van der Waals surface area contributed by atoms with E-state index in [0.717, 1.165) is 6.42 Å². The van der Waals surface area contributed by atoms with E-state index in [9.17, 15) is 14.0 Å². The lowest BCUT2D eigenvalue weighted by Crippen LogP contribution is -2.50. The van der Waals surface area contributed by atoms with Gasteiger partial charge in [0, 0.05) is 28.4 Å². The van der Waals surface area contributed by atoms with Crippen molar-refractivity contribution in [2.24, 2.45) is 0 Å². The van der Waals surface area contributed by atoms with Gasteiger partial charge < -0.3 is 10.2 Å². The molecule has 4 nitrogen and oxygen atoms in total. The molecule has 0 fully saturated rings. The molecule has 2 amide bonds. The van der Waals surface area contributed by atoms with Gasteiger partial charge in [-0.15, -0.1) is 11.8 Å². The number of hydrogen-bond acceptors (Lipinski definition) is 3. The van der Waals surface area contributed by atoms with E-state index in [1.165, 1.54) is 22.7 Å². The Morgan fingerprint density at radius 3 is 2.48 bits per heavy atom. The second-order valence-corrected chi connectivity index (χ2v) is 9.16. The Labute approximate surface area is 197 Å². The Balaban J connectivity index is 2.14. The van der Waals surface area contributed by atoms with E-state index in [-0.39, 0.29) is 36.0 Å². The average molecular weight is 485 g/mol. The fourth-order valence-corrected chi connectivity index (χ4v) is 4.19. The monoisotopic (exact) mass is 484 g/mol. The molecule has 0 saturated carbocycles. The molecular weight excluding hydrogens is 458 g/mol. The van der Waals surface area contributed by atoms with Gasteiger partial charge in [-0.05, 0) is 49.6 Å². The first-order valence-corrected chi connectivity index (χ1v) is 12.0. The molecule has 2 atom stereocenters. The van der Waals surface area contributed by atoms with Crippen molar-refractivity contribution in [3.8, 4) is 0 Å². The number of halogens is 3. The third-order valence-electron chi connectivity index (χ3n) is 4.97. The Kier molecular flexibility index (Phi) is 10.1. The minimum Gasteiger partial charge on any atom is -0.352 e. The molecule has 8 heteroatoms. The molecule has 2 unspecified atom stereocenters. The predicted molar refractivity (Wildman–Crippen MR) is 127 cm³/mol. The van der Waals surface area contributed by atoms with Gasteiger partial charge in [-0.2, -0.15) is 0 Å². The number of carbonyl (C=O) groups is 2. The van der Waals surface area contributed by atoms with Crippen LogP contribution >= 0.6 is 35.0 Å². The predicted octanol–water partition coefficient (Wildman–Crippen LogP) is 5.70. The highest BCUT2D eigenvalue weighted by Gasteiger charge is 2.27. The van der Waals surface area contributed by atoms with Crippen molar-refractivity contribution >= 4 is 46.8 Å². The van der Waals surface area contributed by atoms with Gasteiger partial charge in [-0.25, -0.2) is 4.39 Å². The number of hydrogen-bond donors (Lipinski definition) is 1. The molecule has 2 aromatic rings. The summed E-state index contributed by atoms with van der Waals surface area (Å²) in [6.45, 7) is 5.76. The number of amides is 2. The third-order valence-corrected chi connectivity index (χ3v) is 6.52. The van der Waals surface area contributed by atoms with Crippen LogP contribution in [0, 0.1) is 5.82 Å². The van der Waals surface area contributed by atoms with Crippen LogP contribution in [0.15, 0.2) is 42.5 Å². The summed E-state index contributed by atoms with van der Waals surface area (Å²) in [7, 11) is 0. The zero-order valence-electron chi connectivity index (χ0n) is 17.8. The van der Waals surface area contributed by atoms with Gasteiger partial charge in [-0.1, -0.05) is 54.4 Å². The lowest BCUT2D eigenvalue weighted by Gasteiger charge is -2.30. The minimum atomic E-state index is -0.692. The summed E-state index contributed by atoms with van der Waals surface area (Å²) in [6, 6.07) is 10.8. The maximum Gasteiger partial charge on any atom is 0.242 e. The highest BCUT2D eigenvalue weighted by atomic mass is 35.5. The van der Waals surface area contributed by atoms with E-state index in [1.807, 2.05) is 13.8 Å². The molecule has 0 heterocycles. The summed E-state index contributed by atoms with van der Waals surface area (Å²) in [4.78, 5) is 27.3. The summed E-state index contributed by atoms with van der Waals surface area (Å²) in [5.74, 6) is -0.276. The van der Waals surface area contributed by atoms with Gasteiger partial charge >= 0.3 is 0 Å². The molecule has 0 aromatic heterocycles. The lowest BCUT2D eigenvalue weighted by atomic mass is 10.1. The van der Waals surface area contributed by atoms with E-state index in [2.05, 4.69) is 5.32 Å². The molecule has 0 aliphatic carbocycles. The van der Waals surface area contributed by atoms with Crippen molar-refractivity contribution in [2.75, 3.05) is 5.75 Å². The molecule has 168 valence electrons. The van der Waals surface area contributed by atoms with Crippen molar-refractivity contribution < 1.29 is 14.0 Å². The van der Waals surface area contributed by atoms with E-state index in [1.54, 1.807) is 43.3 Å². The quantitative estimate of drug-likeness (QED) is 0.470. The van der Waals surface area contributed by atoms with Crippen LogP contribution in [0.3, 0.4) is 0 Å².